The summed E-state index contributed by atoms with van der Waals surface area (Å²) in [5, 5.41) is 12.6. The van der Waals surface area contributed by atoms with Gasteiger partial charge in [0.05, 0.1) is 32.0 Å². The maximum Gasteiger partial charge on any atom is 0.302 e. The molecule has 0 aromatic heterocycles. The molecule has 2 rings (SSSR count). The fraction of sp³-hybridized carbons (Fsp3) is 0.636. The van der Waals surface area contributed by atoms with Gasteiger partial charge in [-0.05, 0) is 17.4 Å². The molecule has 1 heterocycles. The van der Waals surface area contributed by atoms with Gasteiger partial charge in [-0.2, -0.15) is 0 Å². The van der Waals surface area contributed by atoms with Crippen LogP contribution in [0.4, 0.5) is 0 Å². The zero-order chi connectivity index (χ0) is 22.1. The Morgan fingerprint density at radius 3 is 2.47 bits per heavy atom. The van der Waals surface area contributed by atoms with Crippen LogP contribution in [0.2, 0.25) is 0 Å². The fourth-order valence-electron chi connectivity index (χ4n) is 3.41. The van der Waals surface area contributed by atoms with Gasteiger partial charge in [-0.15, -0.1) is 0 Å². The van der Waals surface area contributed by atoms with Crippen LogP contribution in [-0.4, -0.2) is 61.3 Å². The van der Waals surface area contributed by atoms with E-state index in [1.54, 1.807) is 0 Å². The van der Waals surface area contributed by atoms with Gasteiger partial charge in [-0.25, -0.2) is 0 Å². The maximum atomic E-state index is 11.7. The third kappa shape index (κ3) is 7.36. The van der Waals surface area contributed by atoms with Gasteiger partial charge >= 0.3 is 5.97 Å². The number of benzene rings is 1. The summed E-state index contributed by atoms with van der Waals surface area (Å²) < 4.78 is 22.8. The van der Waals surface area contributed by atoms with E-state index in [1.165, 1.54) is 13.8 Å². The molecule has 0 bridgehead atoms. The molecule has 1 aromatic carbocycles. The van der Waals surface area contributed by atoms with Gasteiger partial charge in [0.1, 0.15) is 12.7 Å². The highest BCUT2D eigenvalue weighted by molar-refractivity contribution is 5.73. The van der Waals surface area contributed by atoms with E-state index >= 15 is 0 Å². The molecule has 1 amide bonds. The van der Waals surface area contributed by atoms with Gasteiger partial charge in [0.2, 0.25) is 5.91 Å². The minimum atomic E-state index is -0.755. The molecule has 6 unspecified atom stereocenters. The quantitative estimate of drug-likeness (QED) is 0.552. The van der Waals surface area contributed by atoms with E-state index < -0.39 is 12.4 Å². The molecule has 8 nitrogen and oxygen atoms in total. The fourth-order valence-corrected chi connectivity index (χ4v) is 3.41. The summed E-state index contributed by atoms with van der Waals surface area (Å²) in [5.74, 6) is -0.515. The molecule has 0 saturated carbocycles. The highest BCUT2D eigenvalue weighted by Gasteiger charge is 2.43. The highest BCUT2D eigenvalue weighted by Crippen LogP contribution is 2.32. The van der Waals surface area contributed by atoms with E-state index in [4.69, 9.17) is 18.9 Å². The first kappa shape index (κ1) is 24.3. The molecule has 0 radical (unpaired) electrons. The van der Waals surface area contributed by atoms with Gasteiger partial charge in [0.25, 0.3) is 0 Å². The van der Waals surface area contributed by atoms with E-state index in [0.717, 1.165) is 5.56 Å². The summed E-state index contributed by atoms with van der Waals surface area (Å²) in [4.78, 5) is 22.9. The first-order valence-corrected chi connectivity index (χ1v) is 10.3. The Morgan fingerprint density at radius 2 is 1.87 bits per heavy atom. The topological polar surface area (TPSA) is 103 Å². The standard InChI is InChI=1S/C22H33NO7/c1-14-15(2)21(23-16(3)25)22(30-20(14)13-27-17(4)26)29-12-19(10-24)28-11-18-8-6-5-7-9-18/h5-9,14-15,19-22,24H,10-13H2,1-4H3,(H,23,25). The molecule has 1 aliphatic rings. The van der Waals surface area contributed by atoms with Crippen molar-refractivity contribution in [2.75, 3.05) is 19.8 Å². The number of esters is 1. The van der Waals surface area contributed by atoms with Crippen LogP contribution in [0.15, 0.2) is 30.3 Å². The van der Waals surface area contributed by atoms with Crippen molar-refractivity contribution in [2.45, 2.75) is 58.8 Å². The summed E-state index contributed by atoms with van der Waals surface area (Å²) in [6.45, 7) is 7.11. The molecule has 1 aliphatic heterocycles. The van der Waals surface area contributed by atoms with Crippen molar-refractivity contribution in [3.8, 4) is 0 Å². The lowest BCUT2D eigenvalue weighted by Gasteiger charge is -2.44. The molecule has 30 heavy (non-hydrogen) atoms. The Morgan fingerprint density at radius 1 is 1.17 bits per heavy atom. The monoisotopic (exact) mass is 423 g/mol. The third-order valence-corrected chi connectivity index (χ3v) is 5.38. The van der Waals surface area contributed by atoms with Crippen LogP contribution in [0, 0.1) is 11.8 Å². The van der Waals surface area contributed by atoms with Crippen molar-refractivity contribution in [1.82, 2.24) is 5.32 Å². The van der Waals surface area contributed by atoms with Crippen LogP contribution in [0.3, 0.4) is 0 Å². The van der Waals surface area contributed by atoms with Gasteiger partial charge in [-0.3, -0.25) is 9.59 Å². The molecular formula is C22H33NO7. The minimum absolute atomic E-state index is 0.0195. The maximum absolute atomic E-state index is 11.7. The van der Waals surface area contributed by atoms with Crippen LogP contribution in [0.5, 0.6) is 0 Å². The van der Waals surface area contributed by atoms with Crippen LogP contribution in [-0.2, 0) is 35.1 Å². The summed E-state index contributed by atoms with van der Waals surface area (Å²) in [5.41, 5.74) is 0.991. The summed E-state index contributed by atoms with van der Waals surface area (Å²) in [6, 6.07) is 9.27. The number of hydrogen-bond donors (Lipinski definition) is 2. The molecule has 0 spiro atoms. The molecule has 1 aromatic rings. The number of rotatable bonds is 10. The largest absolute Gasteiger partial charge is 0.463 e. The molecule has 1 fully saturated rings. The zero-order valence-corrected chi connectivity index (χ0v) is 18.1. The lowest BCUT2D eigenvalue weighted by Crippen LogP contribution is -2.58. The van der Waals surface area contributed by atoms with E-state index in [9.17, 15) is 14.7 Å². The molecule has 6 atom stereocenters. The van der Waals surface area contributed by atoms with E-state index in [2.05, 4.69) is 5.32 Å². The average molecular weight is 424 g/mol. The zero-order valence-electron chi connectivity index (χ0n) is 18.1. The Bertz CT molecular complexity index is 667. The average Bonchev–Trinajstić information content (AvgIpc) is 2.72. The van der Waals surface area contributed by atoms with E-state index in [1.807, 2.05) is 44.2 Å². The Balaban J connectivity index is 1.99. The summed E-state index contributed by atoms with van der Waals surface area (Å²) in [6.07, 6.45) is -1.67. The Kier molecular flexibility index (Phi) is 9.71. The van der Waals surface area contributed by atoms with Crippen molar-refractivity contribution in [3.05, 3.63) is 35.9 Å². The van der Waals surface area contributed by atoms with Crippen molar-refractivity contribution in [1.29, 1.82) is 0 Å². The van der Waals surface area contributed by atoms with Gasteiger partial charge in [0, 0.05) is 13.8 Å². The van der Waals surface area contributed by atoms with Crippen LogP contribution < -0.4 is 5.32 Å². The van der Waals surface area contributed by atoms with Crippen LogP contribution >= 0.6 is 0 Å². The van der Waals surface area contributed by atoms with Crippen molar-refractivity contribution >= 4 is 11.9 Å². The van der Waals surface area contributed by atoms with Crippen molar-refractivity contribution in [3.63, 3.8) is 0 Å². The number of aliphatic hydroxyl groups is 1. The van der Waals surface area contributed by atoms with Crippen LogP contribution in [0.25, 0.3) is 0 Å². The molecule has 1 saturated heterocycles. The lowest BCUT2D eigenvalue weighted by molar-refractivity contribution is -0.253. The highest BCUT2D eigenvalue weighted by atomic mass is 16.7. The molecule has 2 N–H and O–H groups in total. The van der Waals surface area contributed by atoms with Crippen molar-refractivity contribution in [2.24, 2.45) is 11.8 Å². The van der Waals surface area contributed by atoms with E-state index in [-0.39, 0.29) is 55.7 Å². The third-order valence-electron chi connectivity index (χ3n) is 5.38. The second-order valence-corrected chi connectivity index (χ2v) is 7.72. The number of carbonyl (C=O) groups is 2. The number of aliphatic hydroxyl groups excluding tert-OH is 1. The number of amides is 1. The predicted octanol–water partition coefficient (Wildman–Crippen LogP) is 1.65. The SMILES string of the molecule is CC(=O)NC1C(OCC(CO)OCc2ccccc2)OC(COC(C)=O)C(C)C1C. The second-order valence-electron chi connectivity index (χ2n) is 7.72. The van der Waals surface area contributed by atoms with Crippen LogP contribution in [0.1, 0.15) is 33.3 Å². The molecule has 168 valence electrons. The van der Waals surface area contributed by atoms with E-state index in [0.29, 0.717) is 6.61 Å². The summed E-state index contributed by atoms with van der Waals surface area (Å²) >= 11 is 0. The lowest BCUT2D eigenvalue weighted by atomic mass is 9.82. The van der Waals surface area contributed by atoms with Gasteiger partial charge < -0.3 is 29.4 Å². The van der Waals surface area contributed by atoms with Gasteiger partial charge in [-0.1, -0.05) is 44.2 Å². The van der Waals surface area contributed by atoms with Crippen molar-refractivity contribution < 1.29 is 33.6 Å². The Hall–Kier alpha value is -2.00. The second kappa shape index (κ2) is 12.0. The number of carbonyl (C=O) groups excluding carboxylic acids is 2. The molecule has 8 heteroatoms. The first-order chi connectivity index (χ1) is 14.3. The number of nitrogens with one attached hydrogen (secondary N) is 1. The molecular weight excluding hydrogens is 390 g/mol. The number of ether oxygens (including phenoxy) is 4. The smallest absolute Gasteiger partial charge is 0.302 e. The molecule has 0 aliphatic carbocycles. The van der Waals surface area contributed by atoms with Gasteiger partial charge in [0.15, 0.2) is 6.29 Å². The Labute approximate surface area is 177 Å². The predicted molar refractivity (Wildman–Crippen MR) is 109 cm³/mol. The summed E-state index contributed by atoms with van der Waals surface area (Å²) in [7, 11) is 0. The minimum Gasteiger partial charge on any atom is -0.463 e. The first-order valence-electron chi connectivity index (χ1n) is 10.3. The normalized spacial score (nSPS) is 27.3. The number of hydrogen-bond acceptors (Lipinski definition) is 7.